The van der Waals surface area contributed by atoms with Crippen LogP contribution in [0, 0.1) is 12.8 Å². The Morgan fingerprint density at radius 1 is 1.33 bits per heavy atom. The van der Waals surface area contributed by atoms with Gasteiger partial charge in [0.25, 0.3) is 0 Å². The van der Waals surface area contributed by atoms with Crippen molar-refractivity contribution in [2.75, 3.05) is 39.5 Å². The zero-order chi connectivity index (χ0) is 20.3. The summed E-state index contributed by atoms with van der Waals surface area (Å²) in [6.45, 7) is 9.51. The molecule has 8 nitrogen and oxygen atoms in total. The van der Waals surface area contributed by atoms with E-state index in [-0.39, 0.29) is 24.0 Å². The molecule has 1 atom stereocenters. The highest BCUT2D eigenvalue weighted by Crippen LogP contribution is 2.12. The van der Waals surface area contributed by atoms with Crippen LogP contribution in [0.4, 0.5) is 0 Å². The van der Waals surface area contributed by atoms with Crippen molar-refractivity contribution >= 4 is 29.9 Å². The van der Waals surface area contributed by atoms with Gasteiger partial charge >= 0.3 is 0 Å². The highest BCUT2D eigenvalue weighted by molar-refractivity contribution is 14.0. The monoisotopic (exact) mass is 528 g/mol. The van der Waals surface area contributed by atoms with E-state index in [0.717, 1.165) is 75.5 Å². The van der Waals surface area contributed by atoms with Gasteiger partial charge < -0.3 is 20.1 Å². The number of nitrogens with one attached hydrogen (secondary N) is 2. The van der Waals surface area contributed by atoms with E-state index in [1.165, 1.54) is 0 Å². The number of hydrogen-bond acceptors (Lipinski definition) is 5. The quantitative estimate of drug-likeness (QED) is 0.214. The van der Waals surface area contributed by atoms with Gasteiger partial charge in [0.2, 0.25) is 0 Å². The first kappa shape index (κ1) is 24.5. The number of rotatable bonds is 10. The Morgan fingerprint density at radius 2 is 2.23 bits per heavy atom. The minimum atomic E-state index is 0. The van der Waals surface area contributed by atoms with Crippen LogP contribution in [0.2, 0.25) is 0 Å². The third kappa shape index (κ3) is 7.84. The lowest BCUT2D eigenvalue weighted by Gasteiger charge is -2.12. The van der Waals surface area contributed by atoms with Gasteiger partial charge in [-0.15, -0.1) is 24.0 Å². The van der Waals surface area contributed by atoms with Crippen molar-refractivity contribution in [2.24, 2.45) is 10.9 Å². The average molecular weight is 528 g/mol. The second-order valence-corrected chi connectivity index (χ2v) is 7.15. The fraction of sp³-hybridized carbons (Fsp3) is 0.571. The Labute approximate surface area is 195 Å². The first-order valence-corrected chi connectivity index (χ1v) is 10.4. The lowest BCUT2D eigenvalue weighted by Crippen LogP contribution is -2.38. The molecule has 9 heteroatoms. The maximum absolute atomic E-state index is 5.74. The molecule has 2 N–H and O–H groups in total. The Balaban J connectivity index is 0.00000320. The molecule has 166 valence electrons. The zero-order valence-corrected chi connectivity index (χ0v) is 20.2. The molecule has 1 saturated heterocycles. The third-order valence-electron chi connectivity index (χ3n) is 4.78. The Bertz CT molecular complexity index is 759. The average Bonchev–Trinajstić information content (AvgIpc) is 3.41. The molecule has 0 radical (unpaired) electrons. The summed E-state index contributed by atoms with van der Waals surface area (Å²) in [5.74, 6) is 3.16. The molecule has 0 bridgehead atoms. The highest BCUT2D eigenvalue weighted by Gasteiger charge is 2.15. The maximum atomic E-state index is 5.74. The number of halogens is 1. The number of nitrogens with zero attached hydrogens (tertiary/aromatic N) is 4. The molecule has 1 fully saturated rings. The standard InChI is InChI=1S/C21H32N6O2.HI/c1-3-22-21(24-8-4-11-28-15-19-7-12-29-16-19)26-14-18-5-6-20(25-13-18)27-10-9-23-17(27)2;/h5-6,9-10,13,19H,3-4,7-8,11-12,14-16H2,1-2H3,(H2,22,24,26);1H. The van der Waals surface area contributed by atoms with Crippen molar-refractivity contribution in [3.8, 4) is 5.82 Å². The first-order chi connectivity index (χ1) is 14.3. The maximum Gasteiger partial charge on any atom is 0.191 e. The van der Waals surface area contributed by atoms with Crippen LogP contribution in [0.1, 0.15) is 31.2 Å². The molecule has 0 amide bonds. The number of aromatic nitrogens is 3. The van der Waals surface area contributed by atoms with Crippen LogP contribution in [-0.4, -0.2) is 60.0 Å². The molecule has 0 spiro atoms. The van der Waals surface area contributed by atoms with Crippen LogP contribution >= 0.6 is 24.0 Å². The summed E-state index contributed by atoms with van der Waals surface area (Å²) in [5, 5.41) is 6.64. The van der Waals surface area contributed by atoms with Gasteiger partial charge in [0.05, 0.1) is 19.8 Å². The molecule has 2 aromatic heterocycles. The van der Waals surface area contributed by atoms with Gasteiger partial charge in [0, 0.05) is 50.8 Å². The van der Waals surface area contributed by atoms with Gasteiger partial charge in [-0.05, 0) is 38.3 Å². The van der Waals surface area contributed by atoms with Gasteiger partial charge in [0.1, 0.15) is 11.6 Å². The Kier molecular flexibility index (Phi) is 11.1. The molecule has 0 aliphatic carbocycles. The highest BCUT2D eigenvalue weighted by atomic mass is 127. The van der Waals surface area contributed by atoms with Gasteiger partial charge in [-0.3, -0.25) is 4.57 Å². The minimum absolute atomic E-state index is 0. The first-order valence-electron chi connectivity index (χ1n) is 10.4. The molecule has 0 aromatic carbocycles. The molecular weight excluding hydrogens is 495 g/mol. The van der Waals surface area contributed by atoms with Crippen molar-refractivity contribution < 1.29 is 9.47 Å². The molecular formula is C21H33IN6O2. The SMILES string of the molecule is CCNC(=NCc1ccc(-n2ccnc2C)nc1)NCCCOCC1CCOC1.I. The third-order valence-corrected chi connectivity index (χ3v) is 4.78. The van der Waals surface area contributed by atoms with E-state index >= 15 is 0 Å². The molecule has 30 heavy (non-hydrogen) atoms. The Hall–Kier alpha value is -1.72. The van der Waals surface area contributed by atoms with Crippen LogP contribution in [0.5, 0.6) is 0 Å². The molecule has 0 saturated carbocycles. The van der Waals surface area contributed by atoms with E-state index in [0.29, 0.717) is 12.5 Å². The summed E-state index contributed by atoms with van der Waals surface area (Å²) >= 11 is 0. The molecule has 1 unspecified atom stereocenters. The topological polar surface area (TPSA) is 85.6 Å². The van der Waals surface area contributed by atoms with E-state index in [9.17, 15) is 0 Å². The van der Waals surface area contributed by atoms with E-state index in [2.05, 4.69) is 38.6 Å². The van der Waals surface area contributed by atoms with E-state index in [4.69, 9.17) is 9.47 Å². The van der Waals surface area contributed by atoms with E-state index in [1.54, 1.807) is 6.20 Å². The molecule has 1 aliphatic rings. The number of aryl methyl sites for hydroxylation is 1. The van der Waals surface area contributed by atoms with Crippen LogP contribution < -0.4 is 10.6 Å². The fourth-order valence-electron chi connectivity index (χ4n) is 3.13. The van der Waals surface area contributed by atoms with Crippen LogP contribution in [0.15, 0.2) is 35.7 Å². The molecule has 1 aliphatic heterocycles. The molecule has 3 heterocycles. The predicted octanol–water partition coefficient (Wildman–Crippen LogP) is 2.69. The number of pyridine rings is 1. The lowest BCUT2D eigenvalue weighted by molar-refractivity contribution is 0.0888. The van der Waals surface area contributed by atoms with Gasteiger partial charge in [-0.25, -0.2) is 15.0 Å². The smallest absolute Gasteiger partial charge is 0.191 e. The van der Waals surface area contributed by atoms with Gasteiger partial charge in [-0.2, -0.15) is 0 Å². The van der Waals surface area contributed by atoms with Crippen molar-refractivity contribution in [2.45, 2.75) is 33.2 Å². The lowest BCUT2D eigenvalue weighted by atomic mass is 10.1. The van der Waals surface area contributed by atoms with Gasteiger partial charge in [0.15, 0.2) is 5.96 Å². The van der Waals surface area contributed by atoms with Gasteiger partial charge in [-0.1, -0.05) is 6.07 Å². The van der Waals surface area contributed by atoms with Crippen molar-refractivity contribution in [3.05, 3.63) is 42.1 Å². The Morgan fingerprint density at radius 3 is 2.90 bits per heavy atom. The summed E-state index contributed by atoms with van der Waals surface area (Å²) in [4.78, 5) is 13.4. The summed E-state index contributed by atoms with van der Waals surface area (Å²) < 4.78 is 13.1. The largest absolute Gasteiger partial charge is 0.381 e. The summed E-state index contributed by atoms with van der Waals surface area (Å²) in [6, 6.07) is 4.04. The summed E-state index contributed by atoms with van der Waals surface area (Å²) in [6.07, 6.45) is 7.61. The van der Waals surface area contributed by atoms with Crippen LogP contribution in [0.25, 0.3) is 5.82 Å². The summed E-state index contributed by atoms with van der Waals surface area (Å²) in [5.41, 5.74) is 1.06. The number of hydrogen-bond donors (Lipinski definition) is 2. The van der Waals surface area contributed by atoms with E-state index < -0.39 is 0 Å². The number of ether oxygens (including phenoxy) is 2. The normalized spacial score (nSPS) is 16.3. The molecule has 2 aromatic rings. The zero-order valence-electron chi connectivity index (χ0n) is 17.8. The second kappa shape index (κ2) is 13.6. The van der Waals surface area contributed by atoms with Crippen molar-refractivity contribution in [1.82, 2.24) is 25.2 Å². The van der Waals surface area contributed by atoms with E-state index in [1.807, 2.05) is 30.0 Å². The van der Waals surface area contributed by atoms with Crippen LogP contribution in [0.3, 0.4) is 0 Å². The van der Waals surface area contributed by atoms with Crippen molar-refractivity contribution in [1.29, 1.82) is 0 Å². The second-order valence-electron chi connectivity index (χ2n) is 7.15. The number of guanidine groups is 1. The minimum Gasteiger partial charge on any atom is -0.381 e. The summed E-state index contributed by atoms with van der Waals surface area (Å²) in [7, 11) is 0. The fourth-order valence-corrected chi connectivity index (χ4v) is 3.13. The molecule has 3 rings (SSSR count). The predicted molar refractivity (Wildman–Crippen MR) is 129 cm³/mol. The number of imidazole rings is 1. The van der Waals surface area contributed by atoms with Crippen molar-refractivity contribution in [3.63, 3.8) is 0 Å². The van der Waals surface area contributed by atoms with Crippen LogP contribution in [-0.2, 0) is 16.0 Å². The number of aliphatic imine (C=N–C) groups is 1.